The van der Waals surface area contributed by atoms with Gasteiger partial charge in [-0.25, -0.2) is 9.97 Å². The lowest BCUT2D eigenvalue weighted by Gasteiger charge is -2.36. The molecule has 0 spiro atoms. The minimum atomic E-state index is -0.735. The number of aromatic nitrogens is 5. The van der Waals surface area contributed by atoms with Crippen molar-refractivity contribution in [2.24, 2.45) is 0 Å². The second-order valence-electron chi connectivity index (χ2n) is 16.6. The van der Waals surface area contributed by atoms with E-state index in [1.807, 2.05) is 54.0 Å². The average Bonchev–Trinajstić information content (AvgIpc) is 4.09. The summed E-state index contributed by atoms with van der Waals surface area (Å²) < 4.78 is 13.8. The van der Waals surface area contributed by atoms with E-state index >= 15 is 0 Å². The Morgan fingerprint density at radius 3 is 2.48 bits per heavy atom. The third kappa shape index (κ3) is 8.49. The number of rotatable bonds is 16. The zero-order chi connectivity index (χ0) is 43.6. The number of anilines is 4. The van der Waals surface area contributed by atoms with E-state index in [0.717, 1.165) is 74.7 Å². The van der Waals surface area contributed by atoms with E-state index in [1.54, 1.807) is 11.2 Å². The van der Waals surface area contributed by atoms with Crippen molar-refractivity contribution in [3.63, 3.8) is 0 Å². The molecule has 63 heavy (non-hydrogen) atoms. The van der Waals surface area contributed by atoms with Crippen LogP contribution in [0.15, 0.2) is 55.4 Å². The van der Waals surface area contributed by atoms with Crippen LogP contribution in [0, 0.1) is 0 Å². The van der Waals surface area contributed by atoms with E-state index in [4.69, 9.17) is 19.4 Å². The monoisotopic (exact) mass is 858 g/mol. The number of pyridine rings is 2. The topological polar surface area (TPSA) is 183 Å². The van der Waals surface area contributed by atoms with Gasteiger partial charge in [-0.15, -0.1) is 10.2 Å². The lowest BCUT2D eigenvalue weighted by molar-refractivity contribution is -0.136. The van der Waals surface area contributed by atoms with Crippen LogP contribution in [-0.4, -0.2) is 142 Å². The van der Waals surface area contributed by atoms with Gasteiger partial charge in [-0.2, -0.15) is 0 Å². The average molecular weight is 859 g/mol. The van der Waals surface area contributed by atoms with E-state index < -0.39 is 11.9 Å². The molecular weight excluding hydrogens is 805 g/mol. The van der Waals surface area contributed by atoms with E-state index in [-0.39, 0.29) is 30.6 Å². The van der Waals surface area contributed by atoms with Crippen molar-refractivity contribution < 1.29 is 28.7 Å². The van der Waals surface area contributed by atoms with Crippen molar-refractivity contribution in [1.82, 2.24) is 39.8 Å². The molecule has 3 aromatic heterocycles. The number of hydrogen-bond donors (Lipinski definition) is 2. The van der Waals surface area contributed by atoms with Crippen molar-refractivity contribution in [3.05, 3.63) is 77.6 Å². The van der Waals surface area contributed by atoms with Crippen LogP contribution in [-0.2, 0) is 32.2 Å². The molecule has 4 aromatic rings. The maximum Gasteiger partial charge on any atom is 0.260 e. The number of piperazine rings is 1. The number of amides is 4. The first-order valence-electron chi connectivity index (χ1n) is 22.0. The second-order valence-corrected chi connectivity index (χ2v) is 16.6. The molecule has 5 aliphatic rings. The normalized spacial score (nSPS) is 20.3. The van der Waals surface area contributed by atoms with E-state index in [9.17, 15) is 19.2 Å². The lowest BCUT2D eigenvalue weighted by Crippen LogP contribution is -2.52. The number of carbonyl (C=O) groups excluding carboxylic acids is 4. The first-order chi connectivity index (χ1) is 30.7. The Bertz CT molecular complexity index is 2410. The highest BCUT2D eigenvalue weighted by Crippen LogP contribution is 2.38. The summed E-state index contributed by atoms with van der Waals surface area (Å²) in [6.45, 7) is 17.0. The van der Waals surface area contributed by atoms with Gasteiger partial charge in [-0.05, 0) is 69.5 Å². The Morgan fingerprint density at radius 1 is 0.873 bits per heavy atom. The molecular formula is C45H54N12O6. The summed E-state index contributed by atoms with van der Waals surface area (Å²) in [6.07, 6.45) is 4.33. The quantitative estimate of drug-likeness (QED) is 0.124. The van der Waals surface area contributed by atoms with Crippen LogP contribution >= 0.6 is 0 Å². The minimum Gasteiger partial charge on any atom is -0.378 e. The standard InChI is InChI=1S/C45H54N12O6/c1-4-53-28-47-51-42(53)36-8-5-9-38(48-36)56-27-35-34(44(56)60)26-39(55-15-6-7-29(55)2)49-41(35)46-14-21-62-23-24-63-22-20-52-16-18-54(19-17-52)31-10-11-32-33(25-31)30(3)57(45(32)61)37-12-13-40(58)50-43(37)59/h5,8-11,25-26,28-29,37H,3-4,6-7,12-24,27H2,1-2H3,(H,46,49)(H,50,58,59). The zero-order valence-electron chi connectivity index (χ0n) is 35.9. The SMILES string of the molecule is C=C1c2cc(N3CCN(CCOCCOCCNc4nc(N5CCCC5C)cc5c4CN(c4cccc(-c6nncn6CC)n4)C5=O)CC3)ccc2C(=O)N1C1CCC(=O)NC1=O. The Labute approximate surface area is 366 Å². The summed E-state index contributed by atoms with van der Waals surface area (Å²) >= 11 is 0. The summed E-state index contributed by atoms with van der Waals surface area (Å²) in [6, 6.07) is 12.9. The highest BCUT2D eigenvalue weighted by Gasteiger charge is 2.42. The predicted molar refractivity (Wildman–Crippen MR) is 236 cm³/mol. The van der Waals surface area contributed by atoms with E-state index in [1.165, 1.54) is 4.90 Å². The van der Waals surface area contributed by atoms with E-state index in [0.29, 0.717) is 92.1 Å². The Kier molecular flexibility index (Phi) is 12.2. The molecule has 5 aliphatic heterocycles. The van der Waals surface area contributed by atoms with Gasteiger partial charge >= 0.3 is 0 Å². The fourth-order valence-corrected chi connectivity index (χ4v) is 9.20. The molecule has 2 unspecified atom stereocenters. The van der Waals surface area contributed by atoms with Gasteiger partial charge in [0.05, 0.1) is 38.5 Å². The Morgan fingerprint density at radius 2 is 1.70 bits per heavy atom. The summed E-state index contributed by atoms with van der Waals surface area (Å²) in [4.78, 5) is 71.5. The minimum absolute atomic E-state index is 0.105. The molecule has 3 saturated heterocycles. The van der Waals surface area contributed by atoms with Crippen molar-refractivity contribution >= 4 is 52.5 Å². The fourth-order valence-electron chi connectivity index (χ4n) is 9.20. The largest absolute Gasteiger partial charge is 0.378 e. The first-order valence-corrected chi connectivity index (χ1v) is 22.0. The van der Waals surface area contributed by atoms with E-state index in [2.05, 4.69) is 49.0 Å². The van der Waals surface area contributed by atoms with Gasteiger partial charge < -0.3 is 29.2 Å². The molecule has 0 radical (unpaired) electrons. The molecule has 0 aliphatic carbocycles. The third-order valence-electron chi connectivity index (χ3n) is 12.7. The number of imide groups is 1. The van der Waals surface area contributed by atoms with Gasteiger partial charge in [0.15, 0.2) is 5.82 Å². The molecule has 4 amide bonds. The van der Waals surface area contributed by atoms with Crippen LogP contribution in [0.25, 0.3) is 17.2 Å². The molecule has 1 aromatic carbocycles. The van der Waals surface area contributed by atoms with Crippen molar-refractivity contribution in [1.29, 1.82) is 0 Å². The molecule has 0 saturated carbocycles. The maximum absolute atomic E-state index is 14.0. The summed E-state index contributed by atoms with van der Waals surface area (Å²) in [5.41, 5.74) is 4.89. The maximum atomic E-state index is 14.0. The van der Waals surface area contributed by atoms with Crippen LogP contribution < -0.4 is 25.3 Å². The molecule has 3 fully saturated rings. The van der Waals surface area contributed by atoms with Crippen molar-refractivity contribution in [3.8, 4) is 11.5 Å². The smallest absolute Gasteiger partial charge is 0.260 e. The molecule has 8 heterocycles. The molecule has 9 rings (SSSR count). The number of benzene rings is 1. The third-order valence-corrected chi connectivity index (χ3v) is 12.7. The van der Waals surface area contributed by atoms with Gasteiger partial charge in [0.25, 0.3) is 11.8 Å². The lowest BCUT2D eigenvalue weighted by atomic mass is 10.0. The number of nitrogens with one attached hydrogen (secondary N) is 2. The summed E-state index contributed by atoms with van der Waals surface area (Å²) in [5.74, 6) is 1.56. The van der Waals surface area contributed by atoms with Gasteiger partial charge in [-0.3, -0.25) is 39.2 Å². The number of nitrogens with zero attached hydrogens (tertiary/aromatic N) is 10. The molecule has 0 bridgehead atoms. The highest BCUT2D eigenvalue weighted by atomic mass is 16.5. The van der Waals surface area contributed by atoms with Crippen LogP contribution in [0.2, 0.25) is 0 Å². The van der Waals surface area contributed by atoms with Crippen molar-refractivity contribution in [2.45, 2.75) is 64.7 Å². The van der Waals surface area contributed by atoms with Crippen LogP contribution in [0.3, 0.4) is 0 Å². The molecule has 2 atom stereocenters. The predicted octanol–water partition coefficient (Wildman–Crippen LogP) is 3.40. The van der Waals surface area contributed by atoms with Crippen molar-refractivity contribution in [2.75, 3.05) is 92.3 Å². The zero-order valence-corrected chi connectivity index (χ0v) is 35.9. The van der Waals surface area contributed by atoms with Gasteiger partial charge in [0.1, 0.15) is 35.5 Å². The summed E-state index contributed by atoms with van der Waals surface area (Å²) in [7, 11) is 0. The second kappa shape index (κ2) is 18.2. The Balaban J connectivity index is 0.721. The fraction of sp³-hybridized carbons (Fsp3) is 0.467. The highest BCUT2D eigenvalue weighted by molar-refractivity contribution is 6.13. The molecule has 18 heteroatoms. The molecule has 18 nitrogen and oxygen atoms in total. The summed E-state index contributed by atoms with van der Waals surface area (Å²) in [5, 5.41) is 14.1. The molecule has 330 valence electrons. The number of fused-ring (bicyclic) bond motifs is 2. The Hall–Kier alpha value is -6.24. The number of carbonyl (C=O) groups is 4. The number of aryl methyl sites for hydroxylation is 1. The van der Waals surface area contributed by atoms with Crippen LogP contribution in [0.1, 0.15) is 71.4 Å². The first kappa shape index (κ1) is 42.1. The molecule has 2 N–H and O–H groups in total. The number of piperidine rings is 1. The number of hydrogen-bond acceptors (Lipinski definition) is 14. The van der Waals surface area contributed by atoms with Gasteiger partial charge in [0, 0.05) is 92.9 Å². The van der Waals surface area contributed by atoms with Crippen LogP contribution in [0.5, 0.6) is 0 Å². The number of ether oxygens (including phenoxy) is 2. The van der Waals surface area contributed by atoms with Crippen LogP contribution in [0.4, 0.5) is 23.1 Å². The van der Waals surface area contributed by atoms with Gasteiger partial charge in [-0.1, -0.05) is 12.6 Å². The van der Waals surface area contributed by atoms with Gasteiger partial charge in [0.2, 0.25) is 11.8 Å².